The third kappa shape index (κ3) is 2.43. The van der Waals surface area contributed by atoms with Gasteiger partial charge in [0.15, 0.2) is 0 Å². The minimum atomic E-state index is -0.358. The van der Waals surface area contributed by atoms with E-state index in [0.29, 0.717) is 0 Å². The number of nitrogens with zero attached hydrogens (tertiary/aromatic N) is 2. The van der Waals surface area contributed by atoms with Crippen LogP contribution in [0.2, 0.25) is 0 Å². The number of ether oxygens (including phenoxy) is 1. The van der Waals surface area contributed by atoms with Gasteiger partial charge in [0.05, 0.1) is 12.8 Å². The lowest BCUT2D eigenvalue weighted by Gasteiger charge is -1.97. The summed E-state index contributed by atoms with van der Waals surface area (Å²) in [6.07, 6.45) is 4.76. The van der Waals surface area contributed by atoms with Crippen molar-refractivity contribution in [3.05, 3.63) is 24.0 Å². The monoisotopic (exact) mass is 180 g/mol. The molecule has 0 fully saturated rings. The molecule has 0 unspecified atom stereocenters. The van der Waals surface area contributed by atoms with E-state index in [0.717, 1.165) is 12.2 Å². The Morgan fingerprint density at radius 3 is 3.15 bits per heavy atom. The van der Waals surface area contributed by atoms with Gasteiger partial charge in [-0.25, -0.2) is 4.79 Å². The molecule has 0 aliphatic rings. The van der Waals surface area contributed by atoms with Crippen molar-refractivity contribution in [3.8, 4) is 0 Å². The second kappa shape index (κ2) is 4.45. The predicted octanol–water partition coefficient (Wildman–Crippen LogP) is 1.09. The number of aromatic nitrogens is 2. The van der Waals surface area contributed by atoms with Crippen molar-refractivity contribution >= 4 is 12.0 Å². The van der Waals surface area contributed by atoms with Crippen molar-refractivity contribution in [1.29, 1.82) is 0 Å². The van der Waals surface area contributed by atoms with Crippen molar-refractivity contribution in [2.24, 2.45) is 0 Å². The molecule has 70 valence electrons. The fraction of sp³-hybridized carbons (Fsp3) is 0.333. The topological polar surface area (TPSA) is 44.1 Å². The highest BCUT2D eigenvalue weighted by molar-refractivity contribution is 5.86. The van der Waals surface area contributed by atoms with Crippen LogP contribution < -0.4 is 0 Å². The van der Waals surface area contributed by atoms with Crippen LogP contribution >= 0.6 is 0 Å². The summed E-state index contributed by atoms with van der Waals surface area (Å²) in [6, 6.07) is 1.84. The van der Waals surface area contributed by atoms with E-state index >= 15 is 0 Å². The van der Waals surface area contributed by atoms with Gasteiger partial charge in [0.1, 0.15) is 0 Å². The van der Waals surface area contributed by atoms with Crippen molar-refractivity contribution in [2.75, 3.05) is 7.11 Å². The lowest BCUT2D eigenvalue weighted by Crippen LogP contribution is -1.99. The summed E-state index contributed by atoms with van der Waals surface area (Å²) >= 11 is 0. The van der Waals surface area contributed by atoms with Crippen LogP contribution in [-0.2, 0) is 16.1 Å². The van der Waals surface area contributed by atoms with E-state index in [2.05, 4.69) is 9.84 Å². The zero-order chi connectivity index (χ0) is 9.68. The van der Waals surface area contributed by atoms with Gasteiger partial charge in [-0.3, -0.25) is 4.68 Å². The van der Waals surface area contributed by atoms with Gasteiger partial charge in [0.25, 0.3) is 0 Å². The Morgan fingerprint density at radius 1 is 1.77 bits per heavy atom. The van der Waals surface area contributed by atoms with Crippen LogP contribution in [0.25, 0.3) is 6.08 Å². The Balaban J connectivity index is 2.73. The highest BCUT2D eigenvalue weighted by atomic mass is 16.5. The molecule has 0 aromatic carbocycles. The van der Waals surface area contributed by atoms with E-state index in [4.69, 9.17) is 0 Å². The second-order valence-electron chi connectivity index (χ2n) is 2.43. The lowest BCUT2D eigenvalue weighted by molar-refractivity contribution is -0.134. The normalized spacial score (nSPS) is 10.6. The molecule has 0 saturated carbocycles. The molecular formula is C9H12N2O2. The standard InChI is InChI=1S/C9H12N2O2/c1-3-11-8(6-7-10-11)4-5-9(12)13-2/h4-7H,3H2,1-2H3/b5-4+. The van der Waals surface area contributed by atoms with Crippen LogP contribution in [0.4, 0.5) is 0 Å². The predicted molar refractivity (Wildman–Crippen MR) is 49.0 cm³/mol. The molecular weight excluding hydrogens is 168 g/mol. The van der Waals surface area contributed by atoms with Crippen molar-refractivity contribution in [2.45, 2.75) is 13.5 Å². The van der Waals surface area contributed by atoms with Crippen LogP contribution in [0.15, 0.2) is 18.3 Å². The average molecular weight is 180 g/mol. The van der Waals surface area contributed by atoms with Gasteiger partial charge in [0.2, 0.25) is 0 Å². The Morgan fingerprint density at radius 2 is 2.54 bits per heavy atom. The molecule has 0 bridgehead atoms. The van der Waals surface area contributed by atoms with E-state index in [9.17, 15) is 4.79 Å². The van der Waals surface area contributed by atoms with Crippen molar-refractivity contribution < 1.29 is 9.53 Å². The third-order valence-corrected chi connectivity index (χ3v) is 1.64. The molecule has 0 aliphatic heterocycles. The van der Waals surface area contributed by atoms with Crippen LogP contribution in [-0.4, -0.2) is 22.9 Å². The summed E-state index contributed by atoms with van der Waals surface area (Å²) < 4.78 is 6.26. The summed E-state index contributed by atoms with van der Waals surface area (Å²) in [4.78, 5) is 10.8. The van der Waals surface area contributed by atoms with E-state index in [1.165, 1.54) is 13.2 Å². The fourth-order valence-corrected chi connectivity index (χ4v) is 0.970. The van der Waals surface area contributed by atoms with Gasteiger partial charge in [-0.2, -0.15) is 5.10 Å². The quantitative estimate of drug-likeness (QED) is 0.516. The summed E-state index contributed by atoms with van der Waals surface area (Å²) in [5, 5.41) is 4.05. The lowest BCUT2D eigenvalue weighted by atomic mass is 10.4. The smallest absolute Gasteiger partial charge is 0.330 e. The van der Waals surface area contributed by atoms with Gasteiger partial charge >= 0.3 is 5.97 Å². The maximum Gasteiger partial charge on any atom is 0.330 e. The zero-order valence-corrected chi connectivity index (χ0v) is 7.73. The summed E-state index contributed by atoms with van der Waals surface area (Å²) in [5.41, 5.74) is 0.896. The number of hydrogen-bond acceptors (Lipinski definition) is 3. The number of rotatable bonds is 3. The SMILES string of the molecule is CCn1nccc1/C=C/C(=O)OC. The summed E-state index contributed by atoms with van der Waals surface area (Å²) in [6.45, 7) is 2.77. The van der Waals surface area contributed by atoms with Gasteiger partial charge in [0, 0.05) is 18.8 Å². The number of carbonyl (C=O) groups excluding carboxylic acids is 1. The highest BCUT2D eigenvalue weighted by Gasteiger charge is 1.96. The van der Waals surface area contributed by atoms with Gasteiger partial charge < -0.3 is 4.74 Å². The zero-order valence-electron chi connectivity index (χ0n) is 7.73. The van der Waals surface area contributed by atoms with Crippen LogP contribution in [0.1, 0.15) is 12.6 Å². The molecule has 0 aliphatic carbocycles. The Kier molecular flexibility index (Phi) is 3.25. The van der Waals surface area contributed by atoms with E-state index in [1.54, 1.807) is 17.0 Å². The number of esters is 1. The summed E-state index contributed by atoms with van der Waals surface area (Å²) in [7, 11) is 1.35. The Hall–Kier alpha value is -1.58. The average Bonchev–Trinajstić information content (AvgIpc) is 2.61. The first-order valence-electron chi connectivity index (χ1n) is 4.05. The molecule has 0 spiro atoms. The molecule has 1 aromatic rings. The Labute approximate surface area is 76.8 Å². The maximum absolute atomic E-state index is 10.8. The fourth-order valence-electron chi connectivity index (χ4n) is 0.970. The van der Waals surface area contributed by atoms with Gasteiger partial charge in [-0.1, -0.05) is 0 Å². The number of methoxy groups -OCH3 is 1. The van der Waals surface area contributed by atoms with Crippen LogP contribution in [0, 0.1) is 0 Å². The minimum Gasteiger partial charge on any atom is -0.466 e. The first-order chi connectivity index (χ1) is 6.27. The largest absolute Gasteiger partial charge is 0.466 e. The third-order valence-electron chi connectivity index (χ3n) is 1.64. The number of aryl methyl sites for hydroxylation is 1. The molecule has 0 amide bonds. The van der Waals surface area contributed by atoms with Gasteiger partial charge in [-0.15, -0.1) is 0 Å². The van der Waals surface area contributed by atoms with Crippen molar-refractivity contribution in [1.82, 2.24) is 9.78 Å². The van der Waals surface area contributed by atoms with Gasteiger partial charge in [-0.05, 0) is 19.1 Å². The molecule has 1 aromatic heterocycles. The van der Waals surface area contributed by atoms with E-state index < -0.39 is 0 Å². The molecule has 0 saturated heterocycles. The van der Waals surface area contributed by atoms with Crippen LogP contribution in [0.3, 0.4) is 0 Å². The molecule has 0 atom stereocenters. The Bertz CT molecular complexity index is 315. The molecule has 0 N–H and O–H groups in total. The molecule has 0 radical (unpaired) electrons. The minimum absolute atomic E-state index is 0.358. The van der Waals surface area contributed by atoms with E-state index in [1.807, 2.05) is 13.0 Å². The first kappa shape index (κ1) is 9.51. The highest BCUT2D eigenvalue weighted by Crippen LogP contribution is 2.01. The molecule has 1 rings (SSSR count). The molecule has 1 heterocycles. The maximum atomic E-state index is 10.8. The molecule has 4 nitrogen and oxygen atoms in total. The van der Waals surface area contributed by atoms with Crippen LogP contribution in [0.5, 0.6) is 0 Å². The van der Waals surface area contributed by atoms with Crippen molar-refractivity contribution in [3.63, 3.8) is 0 Å². The first-order valence-corrected chi connectivity index (χ1v) is 4.05. The number of hydrogen-bond donors (Lipinski definition) is 0. The van der Waals surface area contributed by atoms with E-state index in [-0.39, 0.29) is 5.97 Å². The molecule has 4 heteroatoms. The molecule has 13 heavy (non-hydrogen) atoms. The summed E-state index contributed by atoms with van der Waals surface area (Å²) in [5.74, 6) is -0.358. The number of carbonyl (C=O) groups is 1. The second-order valence-corrected chi connectivity index (χ2v) is 2.43.